The molecule has 0 spiro atoms. The van der Waals surface area contributed by atoms with Crippen molar-refractivity contribution in [2.24, 2.45) is 0 Å². The van der Waals surface area contributed by atoms with E-state index in [-0.39, 0.29) is 0 Å². The Labute approximate surface area is 109 Å². The van der Waals surface area contributed by atoms with Crippen molar-refractivity contribution in [2.45, 2.75) is 40.3 Å². The van der Waals surface area contributed by atoms with Crippen molar-refractivity contribution in [3.8, 4) is 5.69 Å². The third-order valence-corrected chi connectivity index (χ3v) is 2.89. The van der Waals surface area contributed by atoms with Gasteiger partial charge in [0.05, 0.1) is 11.9 Å². The lowest BCUT2D eigenvalue weighted by atomic mass is 10.1. The Morgan fingerprint density at radius 1 is 1.22 bits per heavy atom. The van der Waals surface area contributed by atoms with Crippen molar-refractivity contribution in [1.82, 2.24) is 15.1 Å². The highest BCUT2D eigenvalue weighted by molar-refractivity contribution is 5.43. The van der Waals surface area contributed by atoms with E-state index >= 15 is 0 Å². The summed E-state index contributed by atoms with van der Waals surface area (Å²) in [6.45, 7) is 9.37. The highest BCUT2D eigenvalue weighted by Gasteiger charge is 2.06. The first-order chi connectivity index (χ1) is 8.56. The first-order valence-electron chi connectivity index (χ1n) is 6.41. The van der Waals surface area contributed by atoms with Crippen molar-refractivity contribution in [2.75, 3.05) is 0 Å². The van der Waals surface area contributed by atoms with Gasteiger partial charge < -0.3 is 5.32 Å². The minimum atomic E-state index is 0.484. The molecule has 2 rings (SSSR count). The summed E-state index contributed by atoms with van der Waals surface area (Å²) in [4.78, 5) is 0. The SMILES string of the molecule is Cc1ccc(-n2cc(C)cn2)c(CNC(C)C)c1. The largest absolute Gasteiger partial charge is 0.310 e. The van der Waals surface area contributed by atoms with Gasteiger partial charge in [0.1, 0.15) is 0 Å². The van der Waals surface area contributed by atoms with E-state index in [1.54, 1.807) is 0 Å². The van der Waals surface area contributed by atoms with Crippen LogP contribution in [0.1, 0.15) is 30.5 Å². The number of aromatic nitrogens is 2. The summed E-state index contributed by atoms with van der Waals surface area (Å²) in [6, 6.07) is 6.98. The number of benzene rings is 1. The van der Waals surface area contributed by atoms with Crippen LogP contribution in [0.15, 0.2) is 30.6 Å². The zero-order valence-corrected chi connectivity index (χ0v) is 11.6. The van der Waals surface area contributed by atoms with Crippen LogP contribution in [0.2, 0.25) is 0 Å². The maximum absolute atomic E-state index is 4.39. The molecular formula is C15H21N3. The summed E-state index contributed by atoms with van der Waals surface area (Å²) in [7, 11) is 0. The first kappa shape index (κ1) is 12.8. The molecule has 3 heteroatoms. The minimum absolute atomic E-state index is 0.484. The molecule has 0 atom stereocenters. The van der Waals surface area contributed by atoms with Gasteiger partial charge in [-0.25, -0.2) is 4.68 Å². The molecule has 96 valence electrons. The van der Waals surface area contributed by atoms with Crippen molar-refractivity contribution in [1.29, 1.82) is 0 Å². The molecule has 0 amide bonds. The molecule has 2 aromatic rings. The Morgan fingerprint density at radius 2 is 2.00 bits per heavy atom. The molecule has 0 radical (unpaired) electrons. The number of hydrogen-bond acceptors (Lipinski definition) is 2. The molecule has 0 bridgehead atoms. The molecule has 1 aromatic carbocycles. The van der Waals surface area contributed by atoms with E-state index in [0.29, 0.717) is 6.04 Å². The summed E-state index contributed by atoms with van der Waals surface area (Å²) in [6.07, 6.45) is 3.95. The molecule has 1 N–H and O–H groups in total. The van der Waals surface area contributed by atoms with Crippen LogP contribution >= 0.6 is 0 Å². The van der Waals surface area contributed by atoms with Crippen molar-refractivity contribution in [3.63, 3.8) is 0 Å². The predicted octanol–water partition coefficient (Wildman–Crippen LogP) is 2.99. The van der Waals surface area contributed by atoms with Crippen LogP contribution in [-0.2, 0) is 6.54 Å². The summed E-state index contributed by atoms with van der Waals surface area (Å²) in [5.74, 6) is 0. The van der Waals surface area contributed by atoms with Gasteiger partial charge in [0.2, 0.25) is 0 Å². The lowest BCUT2D eigenvalue weighted by Crippen LogP contribution is -2.22. The van der Waals surface area contributed by atoms with E-state index in [9.17, 15) is 0 Å². The normalized spacial score (nSPS) is 11.2. The molecule has 0 saturated carbocycles. The average molecular weight is 243 g/mol. The predicted molar refractivity (Wildman–Crippen MR) is 75.0 cm³/mol. The van der Waals surface area contributed by atoms with Gasteiger partial charge in [0, 0.05) is 18.8 Å². The van der Waals surface area contributed by atoms with E-state index in [1.165, 1.54) is 16.7 Å². The monoisotopic (exact) mass is 243 g/mol. The number of nitrogens with zero attached hydrogens (tertiary/aromatic N) is 2. The second kappa shape index (κ2) is 5.36. The minimum Gasteiger partial charge on any atom is -0.310 e. The summed E-state index contributed by atoms with van der Waals surface area (Å²) >= 11 is 0. The molecule has 18 heavy (non-hydrogen) atoms. The Bertz CT molecular complexity index is 526. The highest BCUT2D eigenvalue weighted by atomic mass is 15.3. The molecule has 0 aliphatic carbocycles. The number of hydrogen-bond donors (Lipinski definition) is 1. The Kier molecular flexibility index (Phi) is 3.82. The zero-order chi connectivity index (χ0) is 13.1. The van der Waals surface area contributed by atoms with Crippen LogP contribution in [0, 0.1) is 13.8 Å². The molecule has 1 heterocycles. The van der Waals surface area contributed by atoms with Gasteiger partial charge in [-0.05, 0) is 31.0 Å². The molecule has 0 saturated heterocycles. The Balaban J connectivity index is 2.34. The molecule has 0 aliphatic heterocycles. The van der Waals surface area contributed by atoms with Crippen LogP contribution in [-0.4, -0.2) is 15.8 Å². The van der Waals surface area contributed by atoms with Crippen LogP contribution < -0.4 is 5.32 Å². The third kappa shape index (κ3) is 2.99. The van der Waals surface area contributed by atoms with Gasteiger partial charge in [-0.3, -0.25) is 0 Å². The third-order valence-electron chi connectivity index (χ3n) is 2.89. The number of nitrogens with one attached hydrogen (secondary N) is 1. The van der Waals surface area contributed by atoms with Gasteiger partial charge in [-0.2, -0.15) is 5.10 Å². The fourth-order valence-electron chi connectivity index (χ4n) is 1.94. The van der Waals surface area contributed by atoms with Crippen LogP contribution in [0.4, 0.5) is 0 Å². The smallest absolute Gasteiger partial charge is 0.0690 e. The fraction of sp³-hybridized carbons (Fsp3) is 0.400. The maximum atomic E-state index is 4.39. The lowest BCUT2D eigenvalue weighted by Gasteiger charge is -2.13. The molecular weight excluding hydrogens is 222 g/mol. The average Bonchev–Trinajstić information content (AvgIpc) is 2.73. The Morgan fingerprint density at radius 3 is 2.61 bits per heavy atom. The van der Waals surface area contributed by atoms with Gasteiger partial charge in [-0.1, -0.05) is 31.5 Å². The van der Waals surface area contributed by atoms with Crippen LogP contribution in [0.3, 0.4) is 0 Å². The van der Waals surface area contributed by atoms with Crippen LogP contribution in [0.5, 0.6) is 0 Å². The lowest BCUT2D eigenvalue weighted by molar-refractivity contribution is 0.586. The summed E-state index contributed by atoms with van der Waals surface area (Å²) in [5, 5.41) is 7.86. The van der Waals surface area contributed by atoms with E-state index in [4.69, 9.17) is 0 Å². The standard InChI is InChI=1S/C15H21N3/c1-11(2)16-9-14-7-12(3)5-6-15(14)18-10-13(4)8-17-18/h5-8,10-11,16H,9H2,1-4H3. The Hall–Kier alpha value is -1.61. The topological polar surface area (TPSA) is 29.9 Å². The van der Waals surface area contributed by atoms with Crippen molar-refractivity contribution < 1.29 is 0 Å². The second-order valence-electron chi connectivity index (χ2n) is 5.13. The zero-order valence-electron chi connectivity index (χ0n) is 11.6. The summed E-state index contributed by atoms with van der Waals surface area (Å²) < 4.78 is 1.95. The van der Waals surface area contributed by atoms with E-state index < -0.39 is 0 Å². The van der Waals surface area contributed by atoms with Crippen LogP contribution in [0.25, 0.3) is 5.69 Å². The quantitative estimate of drug-likeness (QED) is 0.894. The second-order valence-corrected chi connectivity index (χ2v) is 5.13. The molecule has 0 fully saturated rings. The molecule has 3 nitrogen and oxygen atoms in total. The van der Waals surface area contributed by atoms with Gasteiger partial charge in [-0.15, -0.1) is 0 Å². The van der Waals surface area contributed by atoms with E-state index in [2.05, 4.69) is 62.5 Å². The van der Waals surface area contributed by atoms with Crippen molar-refractivity contribution in [3.05, 3.63) is 47.3 Å². The molecule has 1 aromatic heterocycles. The van der Waals surface area contributed by atoms with E-state index in [1.807, 2.05) is 10.9 Å². The summed E-state index contributed by atoms with van der Waals surface area (Å²) in [5.41, 5.74) is 4.90. The number of rotatable bonds is 4. The van der Waals surface area contributed by atoms with Gasteiger partial charge >= 0.3 is 0 Å². The molecule has 0 aliphatic rings. The maximum Gasteiger partial charge on any atom is 0.0690 e. The number of aryl methyl sites for hydroxylation is 2. The molecule has 0 unspecified atom stereocenters. The van der Waals surface area contributed by atoms with Crippen molar-refractivity contribution >= 4 is 0 Å². The van der Waals surface area contributed by atoms with Gasteiger partial charge in [0.15, 0.2) is 0 Å². The van der Waals surface area contributed by atoms with Gasteiger partial charge in [0.25, 0.3) is 0 Å². The van der Waals surface area contributed by atoms with E-state index in [0.717, 1.165) is 12.2 Å². The highest BCUT2D eigenvalue weighted by Crippen LogP contribution is 2.16. The first-order valence-corrected chi connectivity index (χ1v) is 6.41. The fourth-order valence-corrected chi connectivity index (χ4v) is 1.94.